The van der Waals surface area contributed by atoms with Gasteiger partial charge < -0.3 is 19.9 Å². The molecule has 1 saturated heterocycles. The van der Waals surface area contributed by atoms with E-state index in [1.807, 2.05) is 6.26 Å². The summed E-state index contributed by atoms with van der Waals surface area (Å²) >= 11 is 7.95. The predicted octanol–water partition coefficient (Wildman–Crippen LogP) is 2.62. The number of nitrogens with one attached hydrogen (secondary N) is 1. The van der Waals surface area contributed by atoms with Gasteiger partial charge in [-0.1, -0.05) is 30.0 Å². The zero-order valence-corrected chi connectivity index (χ0v) is 19.8. The van der Waals surface area contributed by atoms with Crippen molar-refractivity contribution < 1.29 is 29.0 Å². The summed E-state index contributed by atoms with van der Waals surface area (Å²) in [5, 5.41) is 11.7. The minimum Gasteiger partial charge on any atom is -0.493 e. The lowest BCUT2D eigenvalue weighted by Gasteiger charge is -2.17. The molecule has 0 saturated carbocycles. The first-order chi connectivity index (χ1) is 14.8. The number of methoxy groups -OCH3 is 2. The molecule has 2 N–H and O–H groups in total. The topological polar surface area (TPSA) is 105 Å². The minimum absolute atomic E-state index is 0.0425. The van der Waals surface area contributed by atoms with Gasteiger partial charge in [-0.05, 0) is 42.2 Å². The van der Waals surface area contributed by atoms with Crippen LogP contribution < -0.4 is 14.8 Å². The van der Waals surface area contributed by atoms with E-state index in [1.165, 1.54) is 23.8 Å². The lowest BCUT2D eigenvalue weighted by Crippen LogP contribution is -2.42. The molecule has 1 atom stereocenters. The Morgan fingerprint density at radius 3 is 2.65 bits per heavy atom. The second-order valence-electron chi connectivity index (χ2n) is 6.44. The molecule has 0 unspecified atom stereocenters. The monoisotopic (exact) mass is 484 g/mol. The molecular formula is C20H24N2O6S3. The summed E-state index contributed by atoms with van der Waals surface area (Å²) < 4.78 is 10.8. The second kappa shape index (κ2) is 12.0. The number of thiocarbonyl (C=S) groups is 1. The molecule has 11 heteroatoms. The zero-order valence-electron chi connectivity index (χ0n) is 17.4. The van der Waals surface area contributed by atoms with Crippen molar-refractivity contribution in [2.45, 2.75) is 18.9 Å². The van der Waals surface area contributed by atoms with E-state index >= 15 is 0 Å². The zero-order chi connectivity index (χ0) is 23.0. The first-order valence-electron chi connectivity index (χ1n) is 9.29. The maximum absolute atomic E-state index is 12.7. The highest BCUT2D eigenvalue weighted by atomic mass is 32.2. The van der Waals surface area contributed by atoms with Crippen LogP contribution in [-0.2, 0) is 14.4 Å². The Bertz CT molecular complexity index is 890. The molecular weight excluding hydrogens is 460 g/mol. The fraction of sp³-hybridized carbons (Fsp3) is 0.400. The van der Waals surface area contributed by atoms with Crippen LogP contribution in [0.4, 0.5) is 0 Å². The van der Waals surface area contributed by atoms with Crippen molar-refractivity contribution in [3.8, 4) is 11.5 Å². The number of carbonyl (C=O) groups excluding carboxylic acids is 2. The van der Waals surface area contributed by atoms with Gasteiger partial charge in [0.05, 0.1) is 19.1 Å². The predicted molar refractivity (Wildman–Crippen MR) is 127 cm³/mol. The molecule has 1 aliphatic rings. The number of thioether (sulfide) groups is 2. The summed E-state index contributed by atoms with van der Waals surface area (Å²) in [4.78, 5) is 38.0. The van der Waals surface area contributed by atoms with Gasteiger partial charge in [0.25, 0.3) is 5.91 Å². The Hall–Kier alpha value is -2.24. The SMILES string of the molecule is COc1ccc(/C=C2/SC(=S)N(CCC(=O)N[C@H](CCSC)C(=O)O)C2=O)cc1OC. The lowest BCUT2D eigenvalue weighted by atomic mass is 10.2. The highest BCUT2D eigenvalue weighted by Gasteiger charge is 2.32. The Balaban J connectivity index is 2.01. The van der Waals surface area contributed by atoms with Crippen molar-refractivity contribution in [2.24, 2.45) is 0 Å². The molecule has 168 valence electrons. The highest BCUT2D eigenvalue weighted by Crippen LogP contribution is 2.34. The number of benzene rings is 1. The minimum atomic E-state index is -1.08. The van der Waals surface area contributed by atoms with Crippen molar-refractivity contribution in [1.29, 1.82) is 0 Å². The average molecular weight is 485 g/mol. The standard InChI is InChI=1S/C20H24N2O6S3/c1-27-14-5-4-12(10-15(14)28-2)11-16-18(24)22(20(29)31-16)8-6-17(23)21-13(19(25)26)7-9-30-3/h4-5,10-11,13H,6-9H2,1-3H3,(H,21,23)(H,25,26)/b16-11+/t13-/m1/s1. The lowest BCUT2D eigenvalue weighted by molar-refractivity contribution is -0.142. The van der Waals surface area contributed by atoms with Gasteiger partial charge in [0.15, 0.2) is 11.5 Å². The van der Waals surface area contributed by atoms with Crippen LogP contribution in [0.25, 0.3) is 6.08 Å². The van der Waals surface area contributed by atoms with Crippen LogP contribution in [0.2, 0.25) is 0 Å². The van der Waals surface area contributed by atoms with Gasteiger partial charge >= 0.3 is 5.97 Å². The maximum Gasteiger partial charge on any atom is 0.326 e. The number of carboxylic acid groups (broad SMARTS) is 1. The van der Waals surface area contributed by atoms with E-state index in [1.54, 1.807) is 31.4 Å². The third-order valence-corrected chi connectivity index (χ3v) is 6.41. The number of ether oxygens (including phenoxy) is 2. The Kier molecular flexibility index (Phi) is 9.66. The van der Waals surface area contributed by atoms with E-state index in [4.69, 9.17) is 21.7 Å². The summed E-state index contributed by atoms with van der Waals surface area (Å²) in [6, 6.07) is 4.34. The van der Waals surface area contributed by atoms with Crippen molar-refractivity contribution in [3.05, 3.63) is 28.7 Å². The molecule has 1 aromatic rings. The first kappa shape index (κ1) is 25.0. The van der Waals surface area contributed by atoms with Gasteiger partial charge in [-0.2, -0.15) is 11.8 Å². The molecule has 0 aromatic heterocycles. The number of hydrogen-bond acceptors (Lipinski definition) is 8. The van der Waals surface area contributed by atoms with Gasteiger partial charge in [-0.15, -0.1) is 0 Å². The molecule has 0 aliphatic carbocycles. The van der Waals surface area contributed by atoms with Gasteiger partial charge in [0, 0.05) is 13.0 Å². The molecule has 0 spiro atoms. The number of carbonyl (C=O) groups is 3. The van der Waals surface area contributed by atoms with Gasteiger partial charge in [0.1, 0.15) is 10.4 Å². The summed E-state index contributed by atoms with van der Waals surface area (Å²) in [6.45, 7) is 0.0780. The molecule has 1 aliphatic heterocycles. The molecule has 2 rings (SSSR count). The molecule has 8 nitrogen and oxygen atoms in total. The van der Waals surface area contributed by atoms with Crippen molar-refractivity contribution >= 4 is 63.9 Å². The van der Waals surface area contributed by atoms with Crippen LogP contribution in [0.15, 0.2) is 23.1 Å². The normalized spacial score (nSPS) is 15.8. The van der Waals surface area contributed by atoms with Crippen LogP contribution in [0, 0.1) is 0 Å². The molecule has 31 heavy (non-hydrogen) atoms. The van der Waals surface area contributed by atoms with Crippen LogP contribution in [-0.4, -0.2) is 70.9 Å². The Morgan fingerprint density at radius 1 is 1.32 bits per heavy atom. The van der Waals surface area contributed by atoms with Crippen molar-refractivity contribution in [3.63, 3.8) is 0 Å². The van der Waals surface area contributed by atoms with Gasteiger partial charge in [0.2, 0.25) is 5.91 Å². The van der Waals surface area contributed by atoms with Crippen LogP contribution in [0.5, 0.6) is 11.5 Å². The van der Waals surface area contributed by atoms with E-state index in [2.05, 4.69) is 5.32 Å². The summed E-state index contributed by atoms with van der Waals surface area (Å²) in [5.41, 5.74) is 0.744. The molecule has 1 heterocycles. The van der Waals surface area contributed by atoms with E-state index in [0.717, 1.165) is 17.3 Å². The molecule has 0 radical (unpaired) electrons. The third kappa shape index (κ3) is 6.88. The van der Waals surface area contributed by atoms with Crippen molar-refractivity contribution in [1.82, 2.24) is 10.2 Å². The average Bonchev–Trinajstić information content (AvgIpc) is 3.01. The van der Waals surface area contributed by atoms with E-state index in [-0.39, 0.29) is 18.9 Å². The van der Waals surface area contributed by atoms with E-state index in [0.29, 0.717) is 32.9 Å². The molecule has 2 amide bonds. The third-order valence-electron chi connectivity index (χ3n) is 4.39. The summed E-state index contributed by atoms with van der Waals surface area (Å²) in [6.07, 6.45) is 3.85. The Labute approximate surface area is 194 Å². The number of rotatable bonds is 11. The van der Waals surface area contributed by atoms with Crippen molar-refractivity contribution in [2.75, 3.05) is 32.8 Å². The van der Waals surface area contributed by atoms with Crippen LogP contribution in [0.3, 0.4) is 0 Å². The fourth-order valence-electron chi connectivity index (χ4n) is 2.76. The number of nitrogens with zero attached hydrogens (tertiary/aromatic N) is 1. The summed E-state index contributed by atoms with van der Waals surface area (Å²) in [5.74, 6) is -0.0762. The number of carboxylic acids is 1. The van der Waals surface area contributed by atoms with E-state index in [9.17, 15) is 19.5 Å². The molecule has 0 bridgehead atoms. The first-order valence-corrected chi connectivity index (χ1v) is 11.9. The molecule has 1 fully saturated rings. The van der Waals surface area contributed by atoms with Crippen LogP contribution in [0.1, 0.15) is 18.4 Å². The Morgan fingerprint density at radius 2 is 2.03 bits per heavy atom. The van der Waals surface area contributed by atoms with Crippen LogP contribution >= 0.6 is 35.7 Å². The highest BCUT2D eigenvalue weighted by molar-refractivity contribution is 8.26. The van der Waals surface area contributed by atoms with Gasteiger partial charge in [-0.3, -0.25) is 14.5 Å². The van der Waals surface area contributed by atoms with Gasteiger partial charge in [-0.25, -0.2) is 4.79 Å². The number of aliphatic carboxylic acids is 1. The second-order valence-corrected chi connectivity index (χ2v) is 9.10. The number of amides is 2. The largest absolute Gasteiger partial charge is 0.493 e. The van der Waals surface area contributed by atoms with E-state index < -0.39 is 17.9 Å². The summed E-state index contributed by atoms with van der Waals surface area (Å²) in [7, 11) is 3.07. The maximum atomic E-state index is 12.7. The fourth-order valence-corrected chi connectivity index (χ4v) is 4.54. The number of hydrogen-bond donors (Lipinski definition) is 2. The quantitative estimate of drug-likeness (QED) is 0.362. The molecule has 1 aromatic carbocycles. The smallest absolute Gasteiger partial charge is 0.326 e.